The monoisotopic (exact) mass is 274 g/mol. The third-order valence-electron chi connectivity index (χ3n) is 2.90. The third kappa shape index (κ3) is 3.36. The molecule has 2 nitrogen and oxygen atoms in total. The van der Waals surface area contributed by atoms with E-state index in [1.807, 2.05) is 37.3 Å². The molecule has 0 aliphatic heterocycles. The summed E-state index contributed by atoms with van der Waals surface area (Å²) in [6, 6.07) is 15.1. The molecule has 0 aliphatic rings. The lowest BCUT2D eigenvalue weighted by Crippen LogP contribution is -2.03. The van der Waals surface area contributed by atoms with Crippen LogP contribution in [0, 0.1) is 0 Å². The Balaban J connectivity index is 2.16. The predicted molar refractivity (Wildman–Crippen MR) is 76.9 cm³/mol. The van der Waals surface area contributed by atoms with Gasteiger partial charge in [0.2, 0.25) is 0 Å². The number of halogens is 1. The minimum atomic E-state index is -0.0690. The molecule has 98 valence electrons. The second-order valence-electron chi connectivity index (χ2n) is 4.37. The lowest BCUT2D eigenvalue weighted by molar-refractivity contribution is 0.101. The van der Waals surface area contributed by atoms with Crippen LogP contribution in [0.3, 0.4) is 0 Å². The largest absolute Gasteiger partial charge is 0.486 e. The Kier molecular flexibility index (Phi) is 4.23. The van der Waals surface area contributed by atoms with Gasteiger partial charge in [-0.15, -0.1) is 0 Å². The fourth-order valence-corrected chi connectivity index (χ4v) is 2.15. The molecular formula is C16H15ClO2. The lowest BCUT2D eigenvalue weighted by atomic mass is 10.1. The Morgan fingerprint density at radius 1 is 1.16 bits per heavy atom. The second kappa shape index (κ2) is 5.89. The molecule has 19 heavy (non-hydrogen) atoms. The van der Waals surface area contributed by atoms with Crippen molar-refractivity contribution in [1.29, 1.82) is 0 Å². The van der Waals surface area contributed by atoms with Crippen molar-refractivity contribution in [2.24, 2.45) is 0 Å². The number of Topliss-reactive ketones (excluding diaryl/α,β-unsaturated/α-hetero) is 1. The van der Waals surface area contributed by atoms with E-state index in [0.29, 0.717) is 16.3 Å². The summed E-state index contributed by atoms with van der Waals surface area (Å²) >= 11 is 6.05. The van der Waals surface area contributed by atoms with Gasteiger partial charge in [-0.3, -0.25) is 4.79 Å². The molecule has 0 radical (unpaired) electrons. The van der Waals surface area contributed by atoms with Crippen molar-refractivity contribution in [2.75, 3.05) is 0 Å². The highest BCUT2D eigenvalue weighted by Crippen LogP contribution is 2.26. The zero-order valence-electron chi connectivity index (χ0n) is 10.9. The molecule has 0 fully saturated rings. The Hall–Kier alpha value is -1.80. The Morgan fingerprint density at radius 2 is 1.84 bits per heavy atom. The van der Waals surface area contributed by atoms with Gasteiger partial charge in [-0.05, 0) is 37.6 Å². The van der Waals surface area contributed by atoms with Gasteiger partial charge in [0.1, 0.15) is 11.9 Å². The SMILES string of the molecule is CC(=O)c1ccc(OC(C)c2ccccc2)cc1Cl. The van der Waals surface area contributed by atoms with Crippen molar-refractivity contribution in [3.63, 3.8) is 0 Å². The highest BCUT2D eigenvalue weighted by atomic mass is 35.5. The van der Waals surface area contributed by atoms with E-state index < -0.39 is 0 Å². The summed E-state index contributed by atoms with van der Waals surface area (Å²) in [5.41, 5.74) is 1.61. The summed E-state index contributed by atoms with van der Waals surface area (Å²) < 4.78 is 5.82. The van der Waals surface area contributed by atoms with E-state index in [-0.39, 0.29) is 11.9 Å². The van der Waals surface area contributed by atoms with Crippen LogP contribution in [0.25, 0.3) is 0 Å². The molecule has 0 saturated heterocycles. The molecule has 0 heterocycles. The Morgan fingerprint density at radius 3 is 2.42 bits per heavy atom. The van der Waals surface area contributed by atoms with Crippen LogP contribution in [0.2, 0.25) is 5.02 Å². The highest BCUT2D eigenvalue weighted by Gasteiger charge is 2.10. The number of benzene rings is 2. The first-order valence-corrected chi connectivity index (χ1v) is 6.48. The molecule has 0 aromatic heterocycles. The van der Waals surface area contributed by atoms with Gasteiger partial charge < -0.3 is 4.74 Å². The summed E-state index contributed by atoms with van der Waals surface area (Å²) in [5, 5.41) is 0.422. The number of hydrogen-bond donors (Lipinski definition) is 0. The number of carbonyl (C=O) groups excluding carboxylic acids is 1. The van der Waals surface area contributed by atoms with Crippen LogP contribution < -0.4 is 4.74 Å². The van der Waals surface area contributed by atoms with Gasteiger partial charge in [0.25, 0.3) is 0 Å². The molecule has 0 bridgehead atoms. The molecule has 2 rings (SSSR count). The number of ketones is 1. The van der Waals surface area contributed by atoms with Crippen molar-refractivity contribution in [2.45, 2.75) is 20.0 Å². The molecule has 2 aromatic carbocycles. The summed E-state index contributed by atoms with van der Waals surface area (Å²) in [7, 11) is 0. The first kappa shape index (κ1) is 13.6. The predicted octanol–water partition coefficient (Wildman–Crippen LogP) is 4.68. The standard InChI is InChI=1S/C16H15ClO2/c1-11(18)15-9-8-14(10-16(15)17)19-12(2)13-6-4-3-5-7-13/h3-10,12H,1-2H3. The van der Waals surface area contributed by atoms with Gasteiger partial charge in [-0.2, -0.15) is 0 Å². The van der Waals surface area contributed by atoms with Crippen molar-refractivity contribution >= 4 is 17.4 Å². The molecule has 3 heteroatoms. The minimum Gasteiger partial charge on any atom is -0.486 e. The second-order valence-corrected chi connectivity index (χ2v) is 4.78. The van der Waals surface area contributed by atoms with Crippen LogP contribution in [-0.2, 0) is 0 Å². The Bertz CT molecular complexity index is 579. The molecule has 0 aliphatic carbocycles. The van der Waals surface area contributed by atoms with Gasteiger partial charge in [0.05, 0.1) is 5.02 Å². The van der Waals surface area contributed by atoms with Crippen molar-refractivity contribution in [3.8, 4) is 5.75 Å². The van der Waals surface area contributed by atoms with Crippen LogP contribution in [0.1, 0.15) is 35.9 Å². The average molecular weight is 275 g/mol. The van der Waals surface area contributed by atoms with Gasteiger partial charge >= 0.3 is 0 Å². The number of ether oxygens (including phenoxy) is 1. The van der Waals surface area contributed by atoms with Crippen LogP contribution in [-0.4, -0.2) is 5.78 Å². The first-order chi connectivity index (χ1) is 9.08. The average Bonchev–Trinajstić information content (AvgIpc) is 2.39. The van der Waals surface area contributed by atoms with Gasteiger partial charge in [0.15, 0.2) is 5.78 Å². The topological polar surface area (TPSA) is 26.3 Å². The number of hydrogen-bond acceptors (Lipinski definition) is 2. The maximum Gasteiger partial charge on any atom is 0.161 e. The molecule has 0 saturated carbocycles. The summed E-state index contributed by atoms with van der Waals surface area (Å²) in [5.74, 6) is 0.610. The summed E-state index contributed by atoms with van der Waals surface area (Å²) in [4.78, 5) is 11.3. The van der Waals surface area contributed by atoms with Crippen LogP contribution >= 0.6 is 11.6 Å². The molecule has 1 atom stereocenters. The molecule has 0 N–H and O–H groups in total. The van der Waals surface area contributed by atoms with Crippen LogP contribution in [0.5, 0.6) is 5.75 Å². The first-order valence-electron chi connectivity index (χ1n) is 6.10. The number of rotatable bonds is 4. The highest BCUT2D eigenvalue weighted by molar-refractivity contribution is 6.34. The number of carbonyl (C=O) groups is 1. The molecular weight excluding hydrogens is 260 g/mol. The van der Waals surface area contributed by atoms with E-state index in [4.69, 9.17) is 16.3 Å². The molecule has 0 spiro atoms. The zero-order chi connectivity index (χ0) is 13.8. The fraction of sp³-hybridized carbons (Fsp3) is 0.188. The zero-order valence-corrected chi connectivity index (χ0v) is 11.6. The van der Waals surface area contributed by atoms with Crippen LogP contribution in [0.15, 0.2) is 48.5 Å². The van der Waals surface area contributed by atoms with Gasteiger partial charge in [-0.25, -0.2) is 0 Å². The van der Waals surface area contributed by atoms with Crippen molar-refractivity contribution in [3.05, 3.63) is 64.7 Å². The molecule has 2 aromatic rings. The lowest BCUT2D eigenvalue weighted by Gasteiger charge is -2.15. The quantitative estimate of drug-likeness (QED) is 0.757. The Labute approximate surface area is 118 Å². The maximum atomic E-state index is 11.3. The molecule has 1 unspecified atom stereocenters. The van der Waals surface area contributed by atoms with E-state index in [0.717, 1.165) is 5.56 Å². The summed E-state index contributed by atoms with van der Waals surface area (Å²) in [6.45, 7) is 3.47. The fourth-order valence-electron chi connectivity index (χ4n) is 1.85. The van der Waals surface area contributed by atoms with E-state index >= 15 is 0 Å². The third-order valence-corrected chi connectivity index (χ3v) is 3.21. The van der Waals surface area contributed by atoms with E-state index in [1.54, 1.807) is 18.2 Å². The van der Waals surface area contributed by atoms with E-state index in [1.165, 1.54) is 6.92 Å². The van der Waals surface area contributed by atoms with Crippen LogP contribution in [0.4, 0.5) is 0 Å². The normalized spacial score (nSPS) is 11.9. The van der Waals surface area contributed by atoms with Crippen molar-refractivity contribution in [1.82, 2.24) is 0 Å². The van der Waals surface area contributed by atoms with Gasteiger partial charge in [-0.1, -0.05) is 41.9 Å². The van der Waals surface area contributed by atoms with E-state index in [9.17, 15) is 4.79 Å². The maximum absolute atomic E-state index is 11.3. The molecule has 0 amide bonds. The van der Waals surface area contributed by atoms with E-state index in [2.05, 4.69) is 0 Å². The minimum absolute atomic E-state index is 0.0485. The smallest absolute Gasteiger partial charge is 0.161 e. The summed E-state index contributed by atoms with van der Waals surface area (Å²) in [6.07, 6.45) is -0.0690. The van der Waals surface area contributed by atoms with Gasteiger partial charge in [0, 0.05) is 5.56 Å². The van der Waals surface area contributed by atoms with Crippen molar-refractivity contribution < 1.29 is 9.53 Å².